The van der Waals surface area contributed by atoms with Crippen LogP contribution in [0.5, 0.6) is 0 Å². The zero-order chi connectivity index (χ0) is 12.7. The smallest absolute Gasteiger partial charge is 0.179 e. The van der Waals surface area contributed by atoms with Gasteiger partial charge in [0.1, 0.15) is 10.7 Å². The van der Waals surface area contributed by atoms with E-state index in [0.29, 0.717) is 17.2 Å². The van der Waals surface area contributed by atoms with Gasteiger partial charge >= 0.3 is 0 Å². The molecule has 1 atom stereocenters. The summed E-state index contributed by atoms with van der Waals surface area (Å²) in [6, 6.07) is 3.23. The molecule has 1 aliphatic rings. The van der Waals surface area contributed by atoms with E-state index in [-0.39, 0.29) is 4.90 Å². The monoisotopic (exact) mass is 254 g/mol. The fraction of sp³-hybridized carbons (Fsp3) is 0.583. The molecule has 0 radical (unpaired) electrons. The minimum atomic E-state index is -3.21. The van der Waals surface area contributed by atoms with Crippen molar-refractivity contribution in [2.45, 2.75) is 25.2 Å². The lowest BCUT2D eigenvalue weighted by atomic mass is 10.1. The first kappa shape index (κ1) is 12.4. The van der Waals surface area contributed by atoms with Gasteiger partial charge in [0.25, 0.3) is 0 Å². The van der Waals surface area contributed by atoms with Crippen LogP contribution in [0.25, 0.3) is 0 Å². The van der Waals surface area contributed by atoms with E-state index < -0.39 is 9.84 Å². The Labute approximate surface area is 102 Å². The largest absolute Gasteiger partial charge is 0.369 e. The van der Waals surface area contributed by atoms with Gasteiger partial charge in [-0.25, -0.2) is 13.4 Å². The molecule has 0 amide bonds. The first-order valence-corrected chi connectivity index (χ1v) is 7.59. The van der Waals surface area contributed by atoms with E-state index in [0.717, 1.165) is 6.54 Å². The molecule has 1 fully saturated rings. The van der Waals surface area contributed by atoms with Gasteiger partial charge in [-0.3, -0.25) is 0 Å². The Morgan fingerprint density at radius 1 is 1.53 bits per heavy atom. The first-order chi connectivity index (χ1) is 7.81. The Kier molecular flexibility index (Phi) is 2.89. The number of sulfone groups is 1. The minimum Gasteiger partial charge on any atom is -0.369 e. The number of nitrogens with one attached hydrogen (secondary N) is 1. The van der Waals surface area contributed by atoms with Crippen LogP contribution < -0.4 is 5.32 Å². The number of nitrogens with zero attached hydrogens (tertiary/aromatic N) is 1. The lowest BCUT2D eigenvalue weighted by Crippen LogP contribution is -2.12. The fourth-order valence-corrected chi connectivity index (χ4v) is 2.77. The third-order valence-electron chi connectivity index (χ3n) is 3.40. The molecule has 1 saturated carbocycles. The van der Waals surface area contributed by atoms with Crippen LogP contribution in [0.3, 0.4) is 0 Å². The average molecular weight is 254 g/mol. The topological polar surface area (TPSA) is 59.1 Å². The minimum absolute atomic E-state index is 0.276. The highest BCUT2D eigenvalue weighted by Gasteiger charge is 2.45. The van der Waals surface area contributed by atoms with E-state index in [1.54, 1.807) is 18.3 Å². The number of hydrogen-bond acceptors (Lipinski definition) is 4. The van der Waals surface area contributed by atoms with Crippen LogP contribution in [-0.2, 0) is 9.84 Å². The number of aromatic nitrogens is 1. The van der Waals surface area contributed by atoms with Crippen molar-refractivity contribution >= 4 is 15.7 Å². The van der Waals surface area contributed by atoms with E-state index in [2.05, 4.69) is 24.1 Å². The Balaban J connectivity index is 2.11. The Morgan fingerprint density at radius 3 is 2.71 bits per heavy atom. The predicted octanol–water partition coefficient (Wildman–Crippen LogP) is 1.94. The predicted molar refractivity (Wildman–Crippen MR) is 67.7 cm³/mol. The van der Waals surface area contributed by atoms with Gasteiger partial charge in [-0.15, -0.1) is 0 Å². The van der Waals surface area contributed by atoms with Crippen LogP contribution in [0.1, 0.15) is 20.3 Å². The lowest BCUT2D eigenvalue weighted by Gasteiger charge is -2.10. The lowest BCUT2D eigenvalue weighted by molar-refractivity contribution is 0.572. The molecule has 1 N–H and O–H groups in total. The summed E-state index contributed by atoms with van der Waals surface area (Å²) in [5.41, 5.74) is 0.382. The summed E-state index contributed by atoms with van der Waals surface area (Å²) in [5, 5.41) is 3.15. The Hall–Kier alpha value is -1.10. The molecule has 1 aliphatic carbocycles. The molecule has 0 saturated heterocycles. The van der Waals surface area contributed by atoms with Gasteiger partial charge in [0.15, 0.2) is 9.84 Å². The van der Waals surface area contributed by atoms with Crippen molar-refractivity contribution in [1.29, 1.82) is 0 Å². The average Bonchev–Trinajstić information content (AvgIpc) is 2.83. The Morgan fingerprint density at radius 2 is 2.18 bits per heavy atom. The normalized spacial score (nSPS) is 22.2. The van der Waals surface area contributed by atoms with Gasteiger partial charge in [-0.1, -0.05) is 13.8 Å². The molecule has 1 unspecified atom stereocenters. The summed E-state index contributed by atoms with van der Waals surface area (Å²) < 4.78 is 23.1. The molecule has 1 heterocycles. The SMILES string of the molecule is CC1(C)CC1CNc1ncccc1S(C)(=O)=O. The van der Waals surface area contributed by atoms with Gasteiger partial charge < -0.3 is 5.32 Å². The second-order valence-electron chi connectivity index (χ2n) is 5.39. The fourth-order valence-electron chi connectivity index (χ4n) is 1.97. The summed E-state index contributed by atoms with van der Waals surface area (Å²) in [7, 11) is -3.21. The van der Waals surface area contributed by atoms with E-state index >= 15 is 0 Å². The highest BCUT2D eigenvalue weighted by atomic mass is 32.2. The molecular formula is C12H18N2O2S. The van der Waals surface area contributed by atoms with E-state index in [9.17, 15) is 8.42 Å². The number of anilines is 1. The molecule has 0 spiro atoms. The summed E-state index contributed by atoms with van der Waals surface area (Å²) in [5.74, 6) is 1.08. The molecular weight excluding hydrogens is 236 g/mol. The summed E-state index contributed by atoms with van der Waals surface area (Å²) >= 11 is 0. The maximum absolute atomic E-state index is 11.6. The maximum atomic E-state index is 11.6. The number of pyridine rings is 1. The van der Waals surface area contributed by atoms with Crippen LogP contribution in [-0.4, -0.2) is 26.2 Å². The van der Waals surface area contributed by atoms with Crippen molar-refractivity contribution in [3.63, 3.8) is 0 Å². The molecule has 2 rings (SSSR count). The molecule has 94 valence electrons. The summed E-state index contributed by atoms with van der Waals surface area (Å²) in [6.07, 6.45) is 3.99. The van der Waals surface area contributed by atoms with Gasteiger partial charge in [0.2, 0.25) is 0 Å². The third-order valence-corrected chi connectivity index (χ3v) is 4.53. The van der Waals surface area contributed by atoms with Gasteiger partial charge in [-0.05, 0) is 29.9 Å². The van der Waals surface area contributed by atoms with Crippen molar-refractivity contribution in [2.75, 3.05) is 18.1 Å². The van der Waals surface area contributed by atoms with Crippen molar-refractivity contribution in [3.8, 4) is 0 Å². The maximum Gasteiger partial charge on any atom is 0.179 e. The number of rotatable bonds is 4. The molecule has 0 bridgehead atoms. The van der Waals surface area contributed by atoms with Crippen LogP contribution in [0.2, 0.25) is 0 Å². The van der Waals surface area contributed by atoms with Crippen molar-refractivity contribution < 1.29 is 8.42 Å². The first-order valence-electron chi connectivity index (χ1n) is 5.70. The number of hydrogen-bond donors (Lipinski definition) is 1. The van der Waals surface area contributed by atoms with Crippen LogP contribution >= 0.6 is 0 Å². The third kappa shape index (κ3) is 2.77. The van der Waals surface area contributed by atoms with Gasteiger partial charge in [-0.2, -0.15) is 0 Å². The highest BCUT2D eigenvalue weighted by Crippen LogP contribution is 2.51. The standard InChI is InChI=1S/C12H18N2O2S/c1-12(2)7-9(12)8-14-11-10(17(3,15)16)5-4-6-13-11/h4-6,9H,7-8H2,1-3H3,(H,13,14). The van der Waals surface area contributed by atoms with Crippen molar-refractivity contribution in [1.82, 2.24) is 4.98 Å². The molecule has 1 aromatic heterocycles. The van der Waals surface area contributed by atoms with E-state index in [4.69, 9.17) is 0 Å². The van der Waals surface area contributed by atoms with Gasteiger partial charge in [0, 0.05) is 19.0 Å². The van der Waals surface area contributed by atoms with Crippen LogP contribution in [0, 0.1) is 11.3 Å². The summed E-state index contributed by atoms with van der Waals surface area (Å²) in [4.78, 5) is 4.38. The van der Waals surface area contributed by atoms with Crippen molar-refractivity contribution in [3.05, 3.63) is 18.3 Å². The zero-order valence-electron chi connectivity index (χ0n) is 10.4. The molecule has 17 heavy (non-hydrogen) atoms. The molecule has 0 aliphatic heterocycles. The summed E-state index contributed by atoms with van der Waals surface area (Å²) in [6.45, 7) is 5.22. The van der Waals surface area contributed by atoms with Crippen molar-refractivity contribution in [2.24, 2.45) is 11.3 Å². The second kappa shape index (κ2) is 3.98. The Bertz CT molecular complexity index is 523. The zero-order valence-corrected chi connectivity index (χ0v) is 11.2. The van der Waals surface area contributed by atoms with E-state index in [1.807, 2.05) is 0 Å². The molecule has 4 nitrogen and oxygen atoms in total. The quantitative estimate of drug-likeness (QED) is 0.892. The molecule has 0 aromatic carbocycles. The second-order valence-corrected chi connectivity index (χ2v) is 7.38. The van der Waals surface area contributed by atoms with Crippen LogP contribution in [0.15, 0.2) is 23.2 Å². The van der Waals surface area contributed by atoms with Crippen LogP contribution in [0.4, 0.5) is 5.82 Å². The highest BCUT2D eigenvalue weighted by molar-refractivity contribution is 7.90. The molecule has 1 aromatic rings. The molecule has 5 heteroatoms. The van der Waals surface area contributed by atoms with E-state index in [1.165, 1.54) is 12.7 Å². The van der Waals surface area contributed by atoms with Gasteiger partial charge in [0.05, 0.1) is 0 Å².